The molecule has 1 N–H and O–H groups in total. The van der Waals surface area contributed by atoms with Gasteiger partial charge in [0.25, 0.3) is 0 Å². The highest BCUT2D eigenvalue weighted by atomic mass is 16.5. The molecule has 1 aliphatic carbocycles. The molecule has 1 fully saturated rings. The Morgan fingerprint density at radius 1 is 1.30 bits per heavy atom. The topological polar surface area (TPSA) is 21.3 Å². The van der Waals surface area contributed by atoms with Gasteiger partial charge in [0.2, 0.25) is 0 Å². The van der Waals surface area contributed by atoms with Gasteiger partial charge in [-0.1, -0.05) is 44.9 Å². The molecule has 0 aromatic heterocycles. The summed E-state index contributed by atoms with van der Waals surface area (Å²) in [5.74, 6) is 2.75. The first kappa shape index (κ1) is 13.9. The third-order valence-electron chi connectivity index (χ3n) is 5.00. The van der Waals surface area contributed by atoms with E-state index in [-0.39, 0.29) is 0 Å². The third kappa shape index (κ3) is 2.85. The quantitative estimate of drug-likeness (QED) is 0.901. The van der Waals surface area contributed by atoms with E-state index in [0.29, 0.717) is 12.1 Å². The van der Waals surface area contributed by atoms with Crippen LogP contribution in [-0.4, -0.2) is 18.7 Å². The van der Waals surface area contributed by atoms with Crippen LogP contribution in [0.2, 0.25) is 0 Å². The maximum absolute atomic E-state index is 6.25. The van der Waals surface area contributed by atoms with Crippen molar-refractivity contribution < 1.29 is 4.74 Å². The Kier molecular flexibility index (Phi) is 4.30. The van der Waals surface area contributed by atoms with Crippen LogP contribution in [0.4, 0.5) is 0 Å². The molecule has 2 aliphatic rings. The van der Waals surface area contributed by atoms with Crippen LogP contribution in [0.3, 0.4) is 0 Å². The van der Waals surface area contributed by atoms with Crippen molar-refractivity contribution in [3.63, 3.8) is 0 Å². The first-order valence-corrected chi connectivity index (χ1v) is 8.26. The molecule has 4 atom stereocenters. The van der Waals surface area contributed by atoms with Gasteiger partial charge in [0.1, 0.15) is 11.9 Å². The second-order valence-electron chi connectivity index (χ2n) is 6.58. The Morgan fingerprint density at radius 3 is 2.90 bits per heavy atom. The molecule has 1 aromatic rings. The summed E-state index contributed by atoms with van der Waals surface area (Å²) in [5, 5.41) is 3.72. The number of ether oxygens (including phenoxy) is 1. The highest BCUT2D eigenvalue weighted by Crippen LogP contribution is 2.36. The minimum absolute atomic E-state index is 0.322. The molecule has 0 amide bonds. The van der Waals surface area contributed by atoms with Crippen molar-refractivity contribution >= 4 is 0 Å². The number of nitrogens with one attached hydrogen (secondary N) is 1. The smallest absolute Gasteiger partial charge is 0.123 e. The molecular formula is C18H27NO. The fourth-order valence-electron chi connectivity index (χ4n) is 4.05. The van der Waals surface area contributed by atoms with Crippen LogP contribution in [0.1, 0.15) is 45.1 Å². The minimum atomic E-state index is 0.322. The second kappa shape index (κ2) is 6.17. The summed E-state index contributed by atoms with van der Waals surface area (Å²) in [6, 6.07) is 9.03. The van der Waals surface area contributed by atoms with Gasteiger partial charge >= 0.3 is 0 Å². The maximum Gasteiger partial charge on any atom is 0.123 e. The molecule has 2 nitrogen and oxygen atoms in total. The van der Waals surface area contributed by atoms with E-state index in [4.69, 9.17) is 4.74 Å². The summed E-state index contributed by atoms with van der Waals surface area (Å²) in [5.41, 5.74) is 1.38. The summed E-state index contributed by atoms with van der Waals surface area (Å²) < 4.78 is 6.25. The molecule has 1 aromatic carbocycles. The van der Waals surface area contributed by atoms with Gasteiger partial charge in [-0.05, 0) is 42.9 Å². The van der Waals surface area contributed by atoms with E-state index in [1.54, 1.807) is 0 Å². The highest BCUT2D eigenvalue weighted by Gasteiger charge is 2.36. The van der Waals surface area contributed by atoms with E-state index in [2.05, 4.69) is 43.4 Å². The molecule has 2 heteroatoms. The number of hydrogen-bond acceptors (Lipinski definition) is 2. The van der Waals surface area contributed by atoms with Gasteiger partial charge < -0.3 is 10.1 Å². The number of hydrogen-bond donors (Lipinski definition) is 1. The fraction of sp³-hybridized carbons (Fsp3) is 0.667. The molecule has 0 radical (unpaired) electrons. The van der Waals surface area contributed by atoms with Gasteiger partial charge in [-0.15, -0.1) is 0 Å². The first-order valence-electron chi connectivity index (χ1n) is 8.26. The van der Waals surface area contributed by atoms with Crippen LogP contribution in [-0.2, 0) is 6.42 Å². The second-order valence-corrected chi connectivity index (χ2v) is 6.58. The van der Waals surface area contributed by atoms with Crippen LogP contribution in [0.5, 0.6) is 5.75 Å². The van der Waals surface area contributed by atoms with Crippen LogP contribution < -0.4 is 10.1 Å². The van der Waals surface area contributed by atoms with Crippen molar-refractivity contribution in [2.75, 3.05) is 6.54 Å². The Hall–Kier alpha value is -1.02. The van der Waals surface area contributed by atoms with Crippen molar-refractivity contribution in [2.24, 2.45) is 11.8 Å². The van der Waals surface area contributed by atoms with Crippen LogP contribution in [0.25, 0.3) is 0 Å². The SMILES string of the molecule is CCNC(C1CCCC(C)C1)C1Cc2ccccc2O1. The maximum atomic E-state index is 6.25. The Bertz CT molecular complexity index is 420. The Morgan fingerprint density at radius 2 is 2.15 bits per heavy atom. The minimum Gasteiger partial charge on any atom is -0.488 e. The molecule has 0 bridgehead atoms. The van der Waals surface area contributed by atoms with Crippen molar-refractivity contribution in [3.05, 3.63) is 29.8 Å². The summed E-state index contributed by atoms with van der Waals surface area (Å²) in [4.78, 5) is 0. The third-order valence-corrected chi connectivity index (χ3v) is 5.00. The molecule has 3 rings (SSSR count). The van der Waals surface area contributed by atoms with E-state index in [1.807, 2.05) is 0 Å². The predicted octanol–water partition coefficient (Wildman–Crippen LogP) is 3.79. The molecular weight excluding hydrogens is 246 g/mol. The zero-order chi connectivity index (χ0) is 13.9. The lowest BCUT2D eigenvalue weighted by molar-refractivity contribution is 0.111. The van der Waals surface area contributed by atoms with Gasteiger partial charge in [0.15, 0.2) is 0 Å². The standard InChI is InChI=1S/C18H27NO/c1-3-19-18(15-9-6-7-13(2)11-15)17-12-14-8-4-5-10-16(14)20-17/h4-5,8,10,13,15,17-19H,3,6-7,9,11-12H2,1-2H3. The lowest BCUT2D eigenvalue weighted by atomic mass is 9.76. The van der Waals surface area contributed by atoms with E-state index >= 15 is 0 Å². The fourth-order valence-corrected chi connectivity index (χ4v) is 4.05. The Balaban J connectivity index is 1.72. The van der Waals surface area contributed by atoms with E-state index in [9.17, 15) is 0 Å². The van der Waals surface area contributed by atoms with Crippen molar-refractivity contribution in [1.29, 1.82) is 0 Å². The molecule has 20 heavy (non-hydrogen) atoms. The van der Waals surface area contributed by atoms with Gasteiger partial charge in [0, 0.05) is 12.5 Å². The monoisotopic (exact) mass is 273 g/mol. The van der Waals surface area contributed by atoms with Gasteiger partial charge in [-0.25, -0.2) is 0 Å². The van der Waals surface area contributed by atoms with Gasteiger partial charge in [0.05, 0.1) is 0 Å². The number of rotatable bonds is 4. The van der Waals surface area contributed by atoms with Crippen molar-refractivity contribution in [3.8, 4) is 5.75 Å². The molecule has 4 unspecified atom stereocenters. The summed E-state index contributed by atoms with van der Waals surface area (Å²) in [7, 11) is 0. The van der Waals surface area contributed by atoms with E-state index in [1.165, 1.54) is 31.2 Å². The molecule has 0 spiro atoms. The van der Waals surface area contributed by atoms with Crippen molar-refractivity contribution in [2.45, 2.75) is 58.1 Å². The number of fused-ring (bicyclic) bond motifs is 1. The van der Waals surface area contributed by atoms with Gasteiger partial charge in [-0.3, -0.25) is 0 Å². The zero-order valence-electron chi connectivity index (χ0n) is 12.8. The average molecular weight is 273 g/mol. The molecule has 0 saturated heterocycles. The largest absolute Gasteiger partial charge is 0.488 e. The Labute approximate surface area is 122 Å². The average Bonchev–Trinajstić information content (AvgIpc) is 2.88. The highest BCUT2D eigenvalue weighted by molar-refractivity contribution is 5.37. The predicted molar refractivity (Wildman–Crippen MR) is 83.1 cm³/mol. The lowest BCUT2D eigenvalue weighted by Gasteiger charge is -2.36. The summed E-state index contributed by atoms with van der Waals surface area (Å²) in [6.07, 6.45) is 6.89. The normalized spacial score (nSPS) is 30.6. The number of likely N-dealkylation sites (N-methyl/N-ethyl adjacent to an activating group) is 1. The van der Waals surface area contributed by atoms with Crippen LogP contribution >= 0.6 is 0 Å². The van der Waals surface area contributed by atoms with E-state index < -0.39 is 0 Å². The lowest BCUT2D eigenvalue weighted by Crippen LogP contribution is -2.48. The van der Waals surface area contributed by atoms with E-state index in [0.717, 1.165) is 30.6 Å². The van der Waals surface area contributed by atoms with Crippen LogP contribution in [0.15, 0.2) is 24.3 Å². The molecule has 110 valence electrons. The molecule has 1 heterocycles. The summed E-state index contributed by atoms with van der Waals surface area (Å²) in [6.45, 7) is 5.65. The molecule has 1 saturated carbocycles. The number of benzene rings is 1. The summed E-state index contributed by atoms with van der Waals surface area (Å²) >= 11 is 0. The molecule has 1 aliphatic heterocycles. The van der Waals surface area contributed by atoms with Crippen molar-refractivity contribution in [1.82, 2.24) is 5.32 Å². The number of para-hydroxylation sites is 1. The first-order chi connectivity index (χ1) is 9.78. The van der Waals surface area contributed by atoms with Gasteiger partial charge in [-0.2, -0.15) is 0 Å². The van der Waals surface area contributed by atoms with Crippen LogP contribution in [0, 0.1) is 11.8 Å². The zero-order valence-corrected chi connectivity index (χ0v) is 12.8.